The lowest BCUT2D eigenvalue weighted by Crippen LogP contribution is -2.07. The van der Waals surface area contributed by atoms with Crippen LogP contribution in [0.5, 0.6) is 0 Å². The molecule has 4 rings (SSSR count). The first-order valence-corrected chi connectivity index (χ1v) is 10.9. The Morgan fingerprint density at radius 1 is 0.964 bits per heavy atom. The Balaban J connectivity index is 1.87. The van der Waals surface area contributed by atoms with E-state index in [0.717, 1.165) is 41.0 Å². The number of hydrogen-bond donors (Lipinski definition) is 0. The molecule has 1 atom stereocenters. The summed E-state index contributed by atoms with van der Waals surface area (Å²) < 4.78 is 14.4. The highest BCUT2D eigenvalue weighted by Crippen LogP contribution is 2.27. The van der Waals surface area contributed by atoms with Crippen molar-refractivity contribution in [2.24, 2.45) is 0 Å². The molecule has 5 heteroatoms. The van der Waals surface area contributed by atoms with Crippen LogP contribution >= 0.6 is 0 Å². The maximum absolute atomic E-state index is 12.6. The van der Waals surface area contributed by atoms with Crippen LogP contribution in [-0.2, 0) is 11.2 Å². The molecule has 0 bridgehead atoms. The normalized spacial score (nSPS) is 12.4. The summed E-state index contributed by atoms with van der Waals surface area (Å²) in [7, 11) is 0. The summed E-state index contributed by atoms with van der Waals surface area (Å²) in [6.07, 6.45) is 1.94. The van der Waals surface area contributed by atoms with Crippen molar-refractivity contribution >= 4 is 16.8 Å². The summed E-state index contributed by atoms with van der Waals surface area (Å²) in [6.45, 7) is 4.18. The molecular formula is C23H23N3OS. The van der Waals surface area contributed by atoms with Gasteiger partial charge in [-0.2, -0.15) is 0 Å². The van der Waals surface area contributed by atoms with E-state index in [1.54, 1.807) is 0 Å². The zero-order valence-electron chi connectivity index (χ0n) is 16.1. The Kier molecular flexibility index (Phi) is 5.46. The van der Waals surface area contributed by atoms with E-state index in [1.807, 2.05) is 28.8 Å². The topological polar surface area (TPSA) is 53.2 Å². The minimum atomic E-state index is -1.11. The number of hydrogen-bond acceptors (Lipinski definition) is 3. The maximum Gasteiger partial charge on any atom is 0.265 e. The zero-order chi connectivity index (χ0) is 19.5. The third kappa shape index (κ3) is 3.81. The van der Waals surface area contributed by atoms with Gasteiger partial charge in [0.1, 0.15) is 5.75 Å². The smallest absolute Gasteiger partial charge is 0.265 e. The fraction of sp³-hybridized carbons (Fsp3) is 0.217. The highest BCUT2D eigenvalue weighted by molar-refractivity contribution is 7.91. The Labute approximate surface area is 168 Å². The van der Waals surface area contributed by atoms with Gasteiger partial charge < -0.3 is 4.55 Å². The van der Waals surface area contributed by atoms with Crippen LogP contribution in [0.25, 0.3) is 28.2 Å². The van der Waals surface area contributed by atoms with Crippen LogP contribution in [-0.4, -0.2) is 24.9 Å². The summed E-state index contributed by atoms with van der Waals surface area (Å²) in [5, 5.41) is 5.24. The van der Waals surface area contributed by atoms with Crippen LogP contribution < -0.4 is 0 Å². The van der Waals surface area contributed by atoms with Crippen LogP contribution in [0, 0.1) is 6.92 Å². The van der Waals surface area contributed by atoms with E-state index in [-0.39, 0.29) is 0 Å². The van der Waals surface area contributed by atoms with E-state index in [0.29, 0.717) is 10.8 Å². The van der Waals surface area contributed by atoms with E-state index in [9.17, 15) is 4.55 Å². The van der Waals surface area contributed by atoms with Crippen LogP contribution in [0.2, 0.25) is 0 Å². The summed E-state index contributed by atoms with van der Waals surface area (Å²) in [5.74, 6) is 0.631. The van der Waals surface area contributed by atoms with Crippen LogP contribution in [0.4, 0.5) is 0 Å². The lowest BCUT2D eigenvalue weighted by molar-refractivity contribution is 0.586. The molecule has 4 nitrogen and oxygen atoms in total. The third-order valence-corrected chi connectivity index (χ3v) is 6.06. The van der Waals surface area contributed by atoms with Crippen LogP contribution in [0.3, 0.4) is 0 Å². The molecule has 0 saturated carbocycles. The molecule has 0 radical (unpaired) electrons. The van der Waals surface area contributed by atoms with Gasteiger partial charge in [-0.15, -0.1) is 5.10 Å². The van der Waals surface area contributed by atoms with Gasteiger partial charge in [-0.05, 0) is 19.4 Å². The van der Waals surface area contributed by atoms with Gasteiger partial charge in [0, 0.05) is 22.3 Å². The highest BCUT2D eigenvalue weighted by atomic mass is 32.2. The molecule has 0 aliphatic heterocycles. The summed E-state index contributed by atoms with van der Waals surface area (Å²) in [4.78, 5) is 4.81. The largest absolute Gasteiger partial charge is 0.610 e. The SMILES string of the molecule is CCCC[S+]([O-])c1cc2nc(-c3ccc(C)cc3)cc(-c3ccccc3)n2n1. The van der Waals surface area contributed by atoms with Crippen LogP contribution in [0.15, 0.2) is 71.8 Å². The number of fused-ring (bicyclic) bond motifs is 1. The molecule has 4 aromatic rings. The predicted molar refractivity (Wildman–Crippen MR) is 115 cm³/mol. The molecule has 0 aliphatic carbocycles. The van der Waals surface area contributed by atoms with Gasteiger partial charge in [-0.1, -0.05) is 73.5 Å². The molecule has 1 unspecified atom stereocenters. The van der Waals surface area contributed by atoms with E-state index in [4.69, 9.17) is 4.98 Å². The van der Waals surface area contributed by atoms with Gasteiger partial charge in [0.05, 0.1) is 17.5 Å². The third-order valence-electron chi connectivity index (χ3n) is 4.74. The molecular weight excluding hydrogens is 366 g/mol. The number of benzene rings is 2. The second kappa shape index (κ2) is 8.17. The number of rotatable bonds is 6. The molecule has 142 valence electrons. The molecule has 0 spiro atoms. The minimum absolute atomic E-state index is 0.596. The van der Waals surface area contributed by atoms with E-state index in [2.05, 4.69) is 61.4 Å². The average Bonchev–Trinajstić information content (AvgIpc) is 3.17. The first kappa shape index (κ1) is 18.7. The maximum atomic E-state index is 12.6. The number of aryl methyl sites for hydroxylation is 1. The molecule has 0 fully saturated rings. The van der Waals surface area contributed by atoms with Crippen molar-refractivity contribution < 1.29 is 4.55 Å². The lowest BCUT2D eigenvalue weighted by Gasteiger charge is -2.09. The summed E-state index contributed by atoms with van der Waals surface area (Å²) >= 11 is -1.11. The van der Waals surface area contributed by atoms with Gasteiger partial charge in [-0.3, -0.25) is 0 Å². The Morgan fingerprint density at radius 2 is 1.71 bits per heavy atom. The molecule has 28 heavy (non-hydrogen) atoms. The minimum Gasteiger partial charge on any atom is -0.610 e. The first-order chi connectivity index (χ1) is 13.7. The summed E-state index contributed by atoms with van der Waals surface area (Å²) in [5.41, 5.74) is 5.87. The van der Waals surface area contributed by atoms with Gasteiger partial charge in [0.15, 0.2) is 5.65 Å². The van der Waals surface area contributed by atoms with Crippen molar-refractivity contribution in [1.29, 1.82) is 0 Å². The summed E-state index contributed by atoms with van der Waals surface area (Å²) in [6, 6.07) is 22.4. The Morgan fingerprint density at radius 3 is 2.43 bits per heavy atom. The van der Waals surface area contributed by atoms with Crippen molar-refractivity contribution in [3.05, 3.63) is 72.3 Å². The van der Waals surface area contributed by atoms with Crippen molar-refractivity contribution in [3.63, 3.8) is 0 Å². The molecule has 0 saturated heterocycles. The fourth-order valence-electron chi connectivity index (χ4n) is 3.13. The second-order valence-electron chi connectivity index (χ2n) is 6.91. The molecule has 2 heterocycles. The van der Waals surface area contributed by atoms with Crippen molar-refractivity contribution in [2.75, 3.05) is 5.75 Å². The second-order valence-corrected chi connectivity index (χ2v) is 8.43. The van der Waals surface area contributed by atoms with E-state index < -0.39 is 11.2 Å². The molecule has 2 aromatic heterocycles. The van der Waals surface area contributed by atoms with Crippen LogP contribution in [0.1, 0.15) is 25.3 Å². The number of unbranched alkanes of at least 4 members (excludes halogenated alkanes) is 1. The van der Waals surface area contributed by atoms with Gasteiger partial charge in [0.25, 0.3) is 5.03 Å². The fourth-order valence-corrected chi connectivity index (χ4v) is 4.30. The molecule has 0 N–H and O–H groups in total. The molecule has 2 aromatic carbocycles. The van der Waals surface area contributed by atoms with Crippen molar-refractivity contribution in [2.45, 2.75) is 31.7 Å². The van der Waals surface area contributed by atoms with Gasteiger partial charge in [0.2, 0.25) is 0 Å². The first-order valence-electron chi connectivity index (χ1n) is 9.57. The molecule has 0 aliphatic rings. The highest BCUT2D eigenvalue weighted by Gasteiger charge is 2.19. The standard InChI is InChI=1S/C23H23N3OS/c1-3-4-14-28(27)23-16-22-24-20(18-12-10-17(2)11-13-18)15-21(26(22)25-23)19-8-6-5-7-9-19/h5-13,15-16H,3-4,14H2,1-2H3. The Bertz CT molecular complexity index is 1070. The molecule has 0 amide bonds. The van der Waals surface area contributed by atoms with E-state index >= 15 is 0 Å². The monoisotopic (exact) mass is 389 g/mol. The van der Waals surface area contributed by atoms with Gasteiger partial charge in [-0.25, -0.2) is 9.50 Å². The average molecular weight is 390 g/mol. The van der Waals surface area contributed by atoms with E-state index in [1.165, 1.54) is 5.56 Å². The van der Waals surface area contributed by atoms with Gasteiger partial charge >= 0.3 is 0 Å². The van der Waals surface area contributed by atoms with Crippen molar-refractivity contribution in [1.82, 2.24) is 14.6 Å². The Hall–Kier alpha value is -2.63. The number of nitrogens with zero attached hydrogens (tertiary/aromatic N) is 3. The lowest BCUT2D eigenvalue weighted by atomic mass is 10.1. The number of aromatic nitrogens is 3. The zero-order valence-corrected chi connectivity index (χ0v) is 16.9. The predicted octanol–water partition coefficient (Wildman–Crippen LogP) is 5.28. The quantitative estimate of drug-likeness (QED) is 0.422. The van der Waals surface area contributed by atoms with Crippen molar-refractivity contribution in [3.8, 4) is 22.5 Å².